The molecule has 0 aromatic heterocycles. The lowest BCUT2D eigenvalue weighted by atomic mass is 9.89. The fourth-order valence-electron chi connectivity index (χ4n) is 4.72. The van der Waals surface area contributed by atoms with Crippen LogP contribution in [-0.2, 0) is 16.1 Å². The van der Waals surface area contributed by atoms with Gasteiger partial charge >= 0.3 is 0 Å². The molecule has 5 rings (SSSR count). The summed E-state index contributed by atoms with van der Waals surface area (Å²) in [6.45, 7) is 5.64. The number of hydrazine groups is 1. The minimum Gasteiger partial charge on any atom is -0.462 e. The average molecular weight is 371 g/mol. The SMILES string of the molecule is CC1CC(=O)NN(c2ccc3c(c2)COC2(CCN(C4CCC4)CC2)O3)C1. The third-order valence-corrected chi connectivity index (χ3v) is 6.58. The first-order valence-corrected chi connectivity index (χ1v) is 10.4. The van der Waals surface area contributed by atoms with Crippen molar-refractivity contribution in [3.8, 4) is 5.75 Å². The van der Waals surface area contributed by atoms with E-state index in [-0.39, 0.29) is 5.91 Å². The van der Waals surface area contributed by atoms with E-state index in [0.717, 1.165) is 55.5 Å². The number of benzene rings is 1. The lowest BCUT2D eigenvalue weighted by molar-refractivity contribution is -0.231. The summed E-state index contributed by atoms with van der Waals surface area (Å²) in [4.78, 5) is 14.5. The van der Waals surface area contributed by atoms with Gasteiger partial charge in [-0.1, -0.05) is 13.3 Å². The van der Waals surface area contributed by atoms with E-state index in [1.165, 1.54) is 19.3 Å². The highest BCUT2D eigenvalue weighted by molar-refractivity contribution is 5.79. The zero-order valence-electron chi connectivity index (χ0n) is 16.1. The monoisotopic (exact) mass is 371 g/mol. The Balaban J connectivity index is 1.27. The van der Waals surface area contributed by atoms with Crippen LogP contribution in [-0.4, -0.2) is 42.3 Å². The Hall–Kier alpha value is -1.79. The standard InChI is InChI=1S/C21H29N3O3/c1-15-11-20(25)22-24(13-15)18-5-6-19-16(12-18)14-26-21(27-19)7-9-23(10-8-21)17-3-2-4-17/h5-6,12,15,17H,2-4,7-11,13-14H2,1H3,(H,22,25). The molecule has 1 amide bonds. The molecule has 1 aliphatic carbocycles. The van der Waals surface area contributed by atoms with Gasteiger partial charge in [0.2, 0.25) is 11.7 Å². The van der Waals surface area contributed by atoms with E-state index in [9.17, 15) is 4.79 Å². The first-order chi connectivity index (χ1) is 13.1. The van der Waals surface area contributed by atoms with Gasteiger partial charge in [0.15, 0.2) is 0 Å². The molecule has 1 aromatic rings. The molecule has 1 spiro atoms. The molecule has 0 radical (unpaired) electrons. The van der Waals surface area contributed by atoms with Crippen LogP contribution in [0.4, 0.5) is 5.69 Å². The Bertz CT molecular complexity index is 725. The van der Waals surface area contributed by atoms with Crippen molar-refractivity contribution >= 4 is 11.6 Å². The molecule has 1 N–H and O–H groups in total. The zero-order valence-corrected chi connectivity index (χ0v) is 16.1. The second-order valence-electron chi connectivity index (χ2n) is 8.67. The number of nitrogens with one attached hydrogen (secondary N) is 1. The predicted octanol–water partition coefficient (Wildman–Crippen LogP) is 2.82. The van der Waals surface area contributed by atoms with Crippen LogP contribution in [0.1, 0.15) is 51.0 Å². The number of piperidine rings is 1. The van der Waals surface area contributed by atoms with Crippen LogP contribution in [0.15, 0.2) is 18.2 Å². The number of hydrogen-bond acceptors (Lipinski definition) is 5. The molecule has 27 heavy (non-hydrogen) atoms. The molecule has 1 atom stereocenters. The van der Waals surface area contributed by atoms with E-state index in [2.05, 4.69) is 23.3 Å². The number of hydrogen-bond donors (Lipinski definition) is 1. The summed E-state index contributed by atoms with van der Waals surface area (Å²) in [6, 6.07) is 6.96. The molecule has 6 nitrogen and oxygen atoms in total. The van der Waals surface area contributed by atoms with Crippen LogP contribution in [0.25, 0.3) is 0 Å². The molecule has 1 saturated carbocycles. The number of carbonyl (C=O) groups excluding carboxylic acids is 1. The lowest BCUT2D eigenvalue weighted by Gasteiger charge is -2.47. The van der Waals surface area contributed by atoms with Crippen LogP contribution < -0.4 is 15.2 Å². The summed E-state index contributed by atoms with van der Waals surface area (Å²) < 4.78 is 12.6. The van der Waals surface area contributed by atoms with E-state index in [4.69, 9.17) is 9.47 Å². The van der Waals surface area contributed by atoms with E-state index in [1.807, 2.05) is 17.1 Å². The van der Waals surface area contributed by atoms with E-state index in [1.54, 1.807) is 0 Å². The maximum absolute atomic E-state index is 11.8. The van der Waals surface area contributed by atoms with Crippen LogP contribution >= 0.6 is 0 Å². The van der Waals surface area contributed by atoms with Gasteiger partial charge in [0, 0.05) is 50.5 Å². The summed E-state index contributed by atoms with van der Waals surface area (Å²) in [5.74, 6) is 0.906. The highest BCUT2D eigenvalue weighted by atomic mass is 16.7. The summed E-state index contributed by atoms with van der Waals surface area (Å²) in [6.07, 6.45) is 6.55. The Kier molecular flexibility index (Phi) is 4.28. The van der Waals surface area contributed by atoms with E-state index >= 15 is 0 Å². The van der Waals surface area contributed by atoms with Crippen molar-refractivity contribution in [2.24, 2.45) is 5.92 Å². The lowest BCUT2D eigenvalue weighted by Crippen LogP contribution is -2.54. The number of ether oxygens (including phenoxy) is 2. The predicted molar refractivity (Wildman–Crippen MR) is 102 cm³/mol. The maximum Gasteiger partial charge on any atom is 0.238 e. The van der Waals surface area contributed by atoms with Gasteiger partial charge in [-0.2, -0.15) is 0 Å². The minimum atomic E-state index is -0.456. The molecule has 2 saturated heterocycles. The Morgan fingerprint density at radius 3 is 2.74 bits per heavy atom. The smallest absolute Gasteiger partial charge is 0.238 e. The molecular weight excluding hydrogens is 342 g/mol. The second kappa shape index (κ2) is 6.67. The molecule has 3 heterocycles. The van der Waals surface area contributed by atoms with Crippen LogP contribution in [0.3, 0.4) is 0 Å². The van der Waals surface area contributed by atoms with Crippen molar-refractivity contribution in [1.82, 2.24) is 10.3 Å². The summed E-state index contributed by atoms with van der Waals surface area (Å²) in [5, 5.41) is 1.94. The molecule has 3 fully saturated rings. The topological polar surface area (TPSA) is 54.0 Å². The third-order valence-electron chi connectivity index (χ3n) is 6.58. The molecule has 6 heteroatoms. The number of fused-ring (bicyclic) bond motifs is 1. The first kappa shape index (κ1) is 17.3. The highest BCUT2D eigenvalue weighted by Gasteiger charge is 2.42. The molecular formula is C21H29N3O3. The van der Waals surface area contributed by atoms with Gasteiger partial charge in [0.1, 0.15) is 5.75 Å². The van der Waals surface area contributed by atoms with Crippen molar-refractivity contribution in [2.45, 2.75) is 63.9 Å². The highest BCUT2D eigenvalue weighted by Crippen LogP contribution is 2.40. The van der Waals surface area contributed by atoms with Crippen LogP contribution in [0.2, 0.25) is 0 Å². The maximum atomic E-state index is 11.8. The minimum absolute atomic E-state index is 0.0798. The number of carbonyl (C=O) groups is 1. The van der Waals surface area contributed by atoms with Gasteiger partial charge in [-0.05, 0) is 37.0 Å². The van der Waals surface area contributed by atoms with Gasteiger partial charge in [0.25, 0.3) is 0 Å². The molecule has 1 aromatic carbocycles. The quantitative estimate of drug-likeness (QED) is 0.866. The Morgan fingerprint density at radius 1 is 1.22 bits per heavy atom. The summed E-state index contributed by atoms with van der Waals surface area (Å²) in [5.41, 5.74) is 5.02. The number of anilines is 1. The van der Waals surface area contributed by atoms with Crippen molar-refractivity contribution in [1.29, 1.82) is 0 Å². The van der Waals surface area contributed by atoms with Gasteiger partial charge in [-0.25, -0.2) is 0 Å². The number of rotatable bonds is 2. The van der Waals surface area contributed by atoms with Crippen LogP contribution in [0.5, 0.6) is 5.75 Å². The second-order valence-corrected chi connectivity index (χ2v) is 8.67. The van der Waals surface area contributed by atoms with E-state index < -0.39 is 5.79 Å². The molecule has 0 bridgehead atoms. The number of likely N-dealkylation sites (tertiary alicyclic amines) is 1. The fraction of sp³-hybridized carbons (Fsp3) is 0.667. The van der Waals surface area contributed by atoms with Crippen molar-refractivity contribution in [3.63, 3.8) is 0 Å². The van der Waals surface area contributed by atoms with Gasteiger partial charge < -0.3 is 9.47 Å². The Labute approximate surface area is 160 Å². The Morgan fingerprint density at radius 2 is 2.04 bits per heavy atom. The number of nitrogens with zero attached hydrogens (tertiary/aromatic N) is 2. The van der Waals surface area contributed by atoms with Crippen LogP contribution in [0, 0.1) is 5.92 Å². The van der Waals surface area contributed by atoms with Gasteiger partial charge in [-0.15, -0.1) is 0 Å². The van der Waals surface area contributed by atoms with Gasteiger partial charge in [0.05, 0.1) is 12.3 Å². The normalized spacial score (nSPS) is 28.3. The average Bonchev–Trinajstić information content (AvgIpc) is 2.61. The van der Waals surface area contributed by atoms with Crippen molar-refractivity contribution in [3.05, 3.63) is 23.8 Å². The molecule has 146 valence electrons. The van der Waals surface area contributed by atoms with Crippen molar-refractivity contribution in [2.75, 3.05) is 24.6 Å². The zero-order chi connectivity index (χ0) is 18.4. The van der Waals surface area contributed by atoms with E-state index in [0.29, 0.717) is 18.9 Å². The fourth-order valence-corrected chi connectivity index (χ4v) is 4.72. The van der Waals surface area contributed by atoms with Gasteiger partial charge in [-0.3, -0.25) is 20.1 Å². The summed E-state index contributed by atoms with van der Waals surface area (Å²) in [7, 11) is 0. The molecule has 4 aliphatic rings. The molecule has 3 aliphatic heterocycles. The largest absolute Gasteiger partial charge is 0.462 e. The van der Waals surface area contributed by atoms with Crippen molar-refractivity contribution < 1.29 is 14.3 Å². The molecule has 1 unspecified atom stereocenters. The first-order valence-electron chi connectivity index (χ1n) is 10.4. The third kappa shape index (κ3) is 3.29. The summed E-state index contributed by atoms with van der Waals surface area (Å²) >= 11 is 0. The number of amides is 1.